The number of nitrogens with one attached hydrogen (secondary N) is 1. The number of rotatable bonds is 6. The van der Waals surface area contributed by atoms with Gasteiger partial charge in [0.25, 0.3) is 0 Å². The van der Waals surface area contributed by atoms with Crippen molar-refractivity contribution < 1.29 is 8.83 Å². The van der Waals surface area contributed by atoms with Crippen LogP contribution in [0, 0.1) is 12.3 Å². The van der Waals surface area contributed by atoms with Gasteiger partial charge in [0.1, 0.15) is 28.0 Å². The van der Waals surface area contributed by atoms with Crippen molar-refractivity contribution in [1.29, 1.82) is 5.41 Å². The van der Waals surface area contributed by atoms with Crippen molar-refractivity contribution in [2.45, 2.75) is 13.5 Å². The van der Waals surface area contributed by atoms with E-state index >= 15 is 0 Å². The molecule has 0 atom stereocenters. The van der Waals surface area contributed by atoms with Crippen LogP contribution in [0.15, 0.2) is 208 Å². The molecule has 2 heterocycles. The van der Waals surface area contributed by atoms with Crippen LogP contribution in [0.3, 0.4) is 0 Å². The Bertz CT molecular complexity index is 3600. The van der Waals surface area contributed by atoms with E-state index in [1.165, 1.54) is 43.4 Å². The van der Waals surface area contributed by atoms with Crippen LogP contribution in [0.5, 0.6) is 0 Å². The van der Waals surface area contributed by atoms with E-state index in [0.29, 0.717) is 21.8 Å². The molecule has 0 aliphatic carbocycles. The molecule has 5 nitrogen and oxygen atoms in total. The topological polar surface area (TPSA) is 88.5 Å². The molecule has 9 aromatic carbocycles. The zero-order chi connectivity index (χ0) is 43.5. The van der Waals surface area contributed by atoms with Gasteiger partial charge in [-0.15, -0.1) is 0 Å². The first kappa shape index (κ1) is 40.1. The van der Waals surface area contributed by atoms with Crippen LogP contribution in [0.2, 0.25) is 0 Å². The van der Waals surface area contributed by atoms with Crippen LogP contribution in [0.4, 0.5) is 0 Å². The molecule has 0 radical (unpaired) electrons. The lowest BCUT2D eigenvalue weighted by Crippen LogP contribution is -2.27. The summed E-state index contributed by atoms with van der Waals surface area (Å²) >= 11 is 0. The number of fused-ring (bicyclic) bond motifs is 10. The molecule has 5 heteroatoms. The van der Waals surface area contributed by atoms with Gasteiger partial charge in [0.05, 0.1) is 6.54 Å². The van der Waals surface area contributed by atoms with E-state index in [0.717, 1.165) is 56.1 Å². The molecule has 3 N–H and O–H groups in total. The van der Waals surface area contributed by atoms with E-state index < -0.39 is 0 Å². The molecule has 0 aliphatic rings. The molecule has 0 fully saturated rings. The molecule has 0 bridgehead atoms. The molecule has 0 unspecified atom stereocenters. The quantitative estimate of drug-likeness (QED) is 0.0995. The minimum atomic E-state index is -0.0747. The lowest BCUT2D eigenvalue weighted by Gasteiger charge is -2.10. The Labute approximate surface area is 365 Å². The molecule has 0 saturated heterocycles. The Hall–Kier alpha value is -8.28. The van der Waals surface area contributed by atoms with Gasteiger partial charge in [-0.2, -0.15) is 0 Å². The van der Waals surface area contributed by atoms with Gasteiger partial charge in [-0.05, 0) is 104 Å². The second-order valence-corrected chi connectivity index (χ2v) is 15.5. The lowest BCUT2D eigenvalue weighted by atomic mass is 9.93. The van der Waals surface area contributed by atoms with Crippen molar-refractivity contribution in [2.75, 3.05) is 0 Å². The van der Waals surface area contributed by atoms with Crippen molar-refractivity contribution in [3.63, 3.8) is 0 Å². The number of nitrogens with two attached hydrogens (primary N) is 1. The average molecular weight is 816 g/mol. The van der Waals surface area contributed by atoms with Gasteiger partial charge in [0.15, 0.2) is 0 Å². The maximum atomic E-state index is 7.97. The van der Waals surface area contributed by atoms with Crippen LogP contribution >= 0.6 is 0 Å². The Morgan fingerprint density at radius 1 is 0.556 bits per heavy atom. The summed E-state index contributed by atoms with van der Waals surface area (Å²) in [5, 5.41) is 19.7. The maximum Gasteiger partial charge on any atom is 0.136 e. The molecular weight excluding hydrogens is 771 g/mol. The summed E-state index contributed by atoms with van der Waals surface area (Å²) in [4.78, 5) is 3.76. The summed E-state index contributed by atoms with van der Waals surface area (Å²) in [5.41, 5.74) is 16.0. The number of aliphatic imine (C=N–C) groups is 1. The minimum Gasteiger partial charge on any atom is -0.457 e. The molecule has 0 saturated carbocycles. The fourth-order valence-electron chi connectivity index (χ4n) is 8.57. The van der Waals surface area contributed by atoms with E-state index in [2.05, 4.69) is 135 Å². The summed E-state index contributed by atoms with van der Waals surface area (Å²) in [6.45, 7) is 14.1. The van der Waals surface area contributed by atoms with Crippen LogP contribution < -0.4 is 16.4 Å². The molecule has 63 heavy (non-hydrogen) atoms. The van der Waals surface area contributed by atoms with Crippen LogP contribution in [0.1, 0.15) is 11.1 Å². The normalized spacial score (nSPS) is 11.6. The average Bonchev–Trinajstić information content (AvgIpc) is 3.86. The van der Waals surface area contributed by atoms with E-state index in [9.17, 15) is 0 Å². The third-order valence-corrected chi connectivity index (χ3v) is 11.5. The fraction of sp³-hybridized carbons (Fsp3) is 0.0345. The number of amidine groups is 1. The maximum absolute atomic E-state index is 7.97. The number of hydrogen-bond donors (Lipinski definition) is 2. The second-order valence-electron chi connectivity index (χ2n) is 15.5. The standard InChI is InChI=1S/C31H22N2O2.C19H14.C8H9N/c1-3-22(31(32)33)29-18(2)34-26-15-13-21(17-24(26)29)23-10-7-11-28-30(23)25-16-20(12-14-27(25)35-28)19-8-5-4-6-9-19;1-13-10-11-18-16-8-3-2-6-14(16)15-7-4-5-9-17(15)19(18)12-13;1-9-7-8-5-3-2-4-6-8/h3-17H,1-2H2,(H3,32,33);2-12H,1H3;2-6H,1,7H2/b29-22-;;. The van der Waals surface area contributed by atoms with Crippen molar-refractivity contribution in [3.8, 4) is 22.3 Å². The molecular formula is C58H45N3O2. The number of benzene rings is 9. The lowest BCUT2D eigenvalue weighted by molar-refractivity contribution is 0.577. The van der Waals surface area contributed by atoms with Gasteiger partial charge >= 0.3 is 0 Å². The van der Waals surface area contributed by atoms with Crippen LogP contribution in [-0.2, 0) is 6.54 Å². The van der Waals surface area contributed by atoms with Gasteiger partial charge in [-0.1, -0.05) is 176 Å². The van der Waals surface area contributed by atoms with E-state index in [-0.39, 0.29) is 5.84 Å². The third-order valence-electron chi connectivity index (χ3n) is 11.5. The van der Waals surface area contributed by atoms with Crippen molar-refractivity contribution in [1.82, 2.24) is 0 Å². The molecule has 11 aromatic rings. The summed E-state index contributed by atoms with van der Waals surface area (Å²) in [5.74, 6) is -0.0747. The zero-order valence-electron chi connectivity index (χ0n) is 35.1. The summed E-state index contributed by atoms with van der Waals surface area (Å²) in [7, 11) is 0. The Kier molecular flexibility index (Phi) is 11.1. The minimum absolute atomic E-state index is 0.0747. The van der Waals surface area contributed by atoms with Gasteiger partial charge in [0, 0.05) is 27.0 Å². The fourth-order valence-corrected chi connectivity index (χ4v) is 8.57. The van der Waals surface area contributed by atoms with Gasteiger partial charge < -0.3 is 14.6 Å². The highest BCUT2D eigenvalue weighted by atomic mass is 16.3. The number of hydrogen-bond acceptors (Lipinski definition) is 4. The van der Waals surface area contributed by atoms with Gasteiger partial charge in [-0.25, -0.2) is 0 Å². The Morgan fingerprint density at radius 2 is 1.13 bits per heavy atom. The van der Waals surface area contributed by atoms with Gasteiger partial charge in [0.2, 0.25) is 0 Å². The van der Waals surface area contributed by atoms with E-state index in [4.69, 9.17) is 20.0 Å². The SMILES string of the molecule is C=C/C(C(=N)N)=c1\c(=C)oc2ccc(-c3cccc4oc5ccc(-c6ccccc6)cc5c34)cc12.C=NCc1ccccc1.Cc1ccc2c3ccccc3c3ccccc3c2c1. The summed E-state index contributed by atoms with van der Waals surface area (Å²) in [6, 6.07) is 62.9. The van der Waals surface area contributed by atoms with Crippen molar-refractivity contribution in [3.05, 3.63) is 216 Å². The first-order chi connectivity index (χ1) is 30.8. The molecule has 0 aliphatic heterocycles. The smallest absolute Gasteiger partial charge is 0.136 e. The van der Waals surface area contributed by atoms with Gasteiger partial charge in [-0.3, -0.25) is 10.4 Å². The largest absolute Gasteiger partial charge is 0.457 e. The monoisotopic (exact) mass is 815 g/mol. The molecule has 0 spiro atoms. The molecule has 0 amide bonds. The molecule has 304 valence electrons. The van der Waals surface area contributed by atoms with Crippen LogP contribution in [0.25, 0.3) is 99.6 Å². The van der Waals surface area contributed by atoms with Crippen LogP contribution in [-0.4, -0.2) is 12.6 Å². The Morgan fingerprint density at radius 3 is 1.76 bits per heavy atom. The van der Waals surface area contributed by atoms with Crippen molar-refractivity contribution in [2.24, 2.45) is 10.7 Å². The predicted octanol–water partition coefficient (Wildman–Crippen LogP) is 13.7. The third kappa shape index (κ3) is 7.80. The first-order valence-corrected chi connectivity index (χ1v) is 20.8. The van der Waals surface area contributed by atoms with E-state index in [1.807, 2.05) is 78.9 Å². The van der Waals surface area contributed by atoms with E-state index in [1.54, 1.807) is 6.08 Å². The number of nitrogens with zero attached hydrogens (tertiary/aromatic N) is 1. The molecule has 11 rings (SSSR count). The predicted molar refractivity (Wildman–Crippen MR) is 268 cm³/mol. The number of aryl methyl sites for hydroxylation is 1. The summed E-state index contributed by atoms with van der Waals surface area (Å²) < 4.78 is 12.1. The van der Waals surface area contributed by atoms with Crippen molar-refractivity contribution >= 4 is 89.9 Å². The highest BCUT2D eigenvalue weighted by Gasteiger charge is 2.16. The zero-order valence-corrected chi connectivity index (χ0v) is 35.1. The number of furan rings is 2. The highest BCUT2D eigenvalue weighted by molar-refractivity contribution is 6.25. The molecule has 2 aromatic heterocycles. The first-order valence-electron chi connectivity index (χ1n) is 20.8. The summed E-state index contributed by atoms with van der Waals surface area (Å²) in [6.07, 6.45) is 1.57. The second kappa shape index (κ2) is 17.4. The Balaban J connectivity index is 0.000000149. The highest BCUT2D eigenvalue weighted by Crippen LogP contribution is 2.39.